The molecule has 31 heavy (non-hydrogen) atoms. The number of hydrogen-bond donors (Lipinski definition) is 1. The number of halogens is 1. The van der Waals surface area contributed by atoms with E-state index in [0.29, 0.717) is 48.5 Å². The van der Waals surface area contributed by atoms with E-state index in [1.807, 2.05) is 26.8 Å². The van der Waals surface area contributed by atoms with E-state index in [1.54, 1.807) is 16.5 Å². The highest BCUT2D eigenvalue weighted by atomic mass is 19.1. The molecule has 0 unspecified atom stereocenters. The van der Waals surface area contributed by atoms with Gasteiger partial charge >= 0.3 is 6.09 Å². The maximum absolute atomic E-state index is 13.9. The van der Waals surface area contributed by atoms with E-state index in [1.165, 1.54) is 12.1 Å². The van der Waals surface area contributed by atoms with E-state index in [4.69, 9.17) is 9.47 Å². The summed E-state index contributed by atoms with van der Waals surface area (Å²) in [4.78, 5) is 18.8. The monoisotopic (exact) mass is 427 g/mol. The lowest BCUT2D eigenvalue weighted by atomic mass is 9.75. The molecule has 8 nitrogen and oxygen atoms in total. The molecule has 0 spiro atoms. The van der Waals surface area contributed by atoms with Crippen molar-refractivity contribution in [3.8, 4) is 11.9 Å². The molecule has 164 valence electrons. The summed E-state index contributed by atoms with van der Waals surface area (Å²) in [5.41, 5.74) is 1.69. The van der Waals surface area contributed by atoms with E-state index in [0.717, 1.165) is 5.56 Å². The van der Waals surface area contributed by atoms with Gasteiger partial charge in [-0.25, -0.2) is 18.7 Å². The Morgan fingerprint density at radius 1 is 1.32 bits per heavy atom. The molecule has 1 amide bonds. The standard InChI is InChI=1S/C22H26FN5O3/c1-21(2,3)31-20(29)27-8-6-22(4,7-9-27)16-18-25-15-11-14(23)10-13(12-24)17(15)28(18)26-19(16)30-5/h10-11,26H,6-9H2,1-5H3. The smallest absolute Gasteiger partial charge is 0.410 e. The van der Waals surface area contributed by atoms with Crippen LogP contribution in [0, 0.1) is 17.1 Å². The highest BCUT2D eigenvalue weighted by Crippen LogP contribution is 2.43. The molecule has 1 N–H and O–H groups in total. The van der Waals surface area contributed by atoms with Crippen LogP contribution in [0.5, 0.6) is 5.88 Å². The number of nitrogens with zero attached hydrogens (tertiary/aromatic N) is 4. The number of aromatic nitrogens is 3. The van der Waals surface area contributed by atoms with Crippen LogP contribution in [0.2, 0.25) is 0 Å². The van der Waals surface area contributed by atoms with Crippen molar-refractivity contribution in [3.63, 3.8) is 0 Å². The van der Waals surface area contributed by atoms with Gasteiger partial charge in [-0.1, -0.05) is 6.92 Å². The summed E-state index contributed by atoms with van der Waals surface area (Å²) in [5, 5.41) is 12.7. The minimum Gasteiger partial charge on any atom is -0.481 e. The molecule has 0 aliphatic carbocycles. The lowest BCUT2D eigenvalue weighted by molar-refractivity contribution is 0.0171. The molecule has 1 saturated heterocycles. The van der Waals surface area contributed by atoms with Crippen LogP contribution in [0.1, 0.15) is 51.7 Å². The summed E-state index contributed by atoms with van der Waals surface area (Å²) in [6, 6.07) is 4.56. The van der Waals surface area contributed by atoms with Crippen LogP contribution in [0.15, 0.2) is 12.1 Å². The van der Waals surface area contributed by atoms with Crippen molar-refractivity contribution >= 4 is 22.8 Å². The van der Waals surface area contributed by atoms with Crippen LogP contribution < -0.4 is 4.74 Å². The van der Waals surface area contributed by atoms with Crippen LogP contribution in [0.25, 0.3) is 16.7 Å². The quantitative estimate of drug-likeness (QED) is 0.664. The predicted octanol–water partition coefficient (Wildman–Crippen LogP) is 4.12. The van der Waals surface area contributed by atoms with Crippen molar-refractivity contribution < 1.29 is 18.7 Å². The molecule has 3 heterocycles. The fraction of sp³-hybridized carbons (Fsp3) is 0.500. The van der Waals surface area contributed by atoms with E-state index in [9.17, 15) is 14.4 Å². The van der Waals surface area contributed by atoms with Gasteiger partial charge in [-0.2, -0.15) is 5.26 Å². The minimum absolute atomic E-state index is 0.197. The van der Waals surface area contributed by atoms with Crippen LogP contribution in [-0.2, 0) is 10.2 Å². The van der Waals surface area contributed by atoms with Gasteiger partial charge in [0.15, 0.2) is 5.65 Å². The van der Waals surface area contributed by atoms with Crippen LogP contribution in [0.3, 0.4) is 0 Å². The topological polar surface area (TPSA) is 95.6 Å². The van der Waals surface area contributed by atoms with Crippen molar-refractivity contribution in [1.82, 2.24) is 19.5 Å². The van der Waals surface area contributed by atoms with Crippen molar-refractivity contribution in [2.45, 2.75) is 51.6 Å². The minimum atomic E-state index is -0.544. The van der Waals surface area contributed by atoms with Gasteiger partial charge in [-0.15, -0.1) is 0 Å². The van der Waals surface area contributed by atoms with Crippen LogP contribution >= 0.6 is 0 Å². The second-order valence-electron chi connectivity index (χ2n) is 9.25. The van der Waals surface area contributed by atoms with Gasteiger partial charge in [0.05, 0.1) is 23.8 Å². The zero-order chi connectivity index (χ0) is 22.6. The molecular weight excluding hydrogens is 401 g/mol. The van der Waals surface area contributed by atoms with Crippen molar-refractivity contribution in [3.05, 3.63) is 29.1 Å². The first-order valence-electron chi connectivity index (χ1n) is 10.2. The number of carbonyl (C=O) groups excluding carboxylic acids is 1. The number of carbonyl (C=O) groups is 1. The Labute approximate surface area is 179 Å². The number of piperidine rings is 1. The molecule has 1 aliphatic heterocycles. The van der Waals surface area contributed by atoms with Gasteiger partial charge in [-0.3, -0.25) is 5.10 Å². The van der Waals surface area contributed by atoms with Crippen LogP contribution in [0.4, 0.5) is 9.18 Å². The number of ether oxygens (including phenoxy) is 2. The van der Waals surface area contributed by atoms with Gasteiger partial charge in [0, 0.05) is 24.6 Å². The zero-order valence-electron chi connectivity index (χ0n) is 18.4. The van der Waals surface area contributed by atoms with Gasteiger partial charge in [0.25, 0.3) is 0 Å². The van der Waals surface area contributed by atoms with Crippen molar-refractivity contribution in [2.75, 3.05) is 20.2 Å². The Kier molecular flexibility index (Phi) is 4.84. The van der Waals surface area contributed by atoms with E-state index in [-0.39, 0.29) is 17.1 Å². The fourth-order valence-electron chi connectivity index (χ4n) is 4.25. The second-order valence-corrected chi connectivity index (χ2v) is 9.25. The summed E-state index contributed by atoms with van der Waals surface area (Å²) >= 11 is 0. The number of nitriles is 1. The first-order chi connectivity index (χ1) is 14.6. The molecule has 0 radical (unpaired) electrons. The number of methoxy groups -OCH3 is 1. The molecule has 4 rings (SSSR count). The summed E-state index contributed by atoms with van der Waals surface area (Å²) in [6.45, 7) is 8.72. The maximum atomic E-state index is 13.9. The molecule has 3 aromatic rings. The highest BCUT2D eigenvalue weighted by Gasteiger charge is 2.40. The lowest BCUT2D eigenvalue weighted by Gasteiger charge is -2.39. The summed E-state index contributed by atoms with van der Waals surface area (Å²) in [7, 11) is 1.57. The Balaban J connectivity index is 1.73. The fourth-order valence-corrected chi connectivity index (χ4v) is 4.25. The average Bonchev–Trinajstić information content (AvgIpc) is 3.21. The summed E-state index contributed by atoms with van der Waals surface area (Å²) in [5.74, 6) is 0.0426. The first-order valence-corrected chi connectivity index (χ1v) is 10.2. The molecule has 0 bridgehead atoms. The maximum Gasteiger partial charge on any atom is 0.410 e. The predicted molar refractivity (Wildman–Crippen MR) is 113 cm³/mol. The normalized spacial score (nSPS) is 16.5. The third kappa shape index (κ3) is 3.56. The van der Waals surface area contributed by atoms with E-state index in [2.05, 4.69) is 17.0 Å². The molecule has 0 atom stereocenters. The summed E-state index contributed by atoms with van der Waals surface area (Å²) in [6.07, 6.45) is 1.04. The Morgan fingerprint density at radius 2 is 2.00 bits per heavy atom. The van der Waals surface area contributed by atoms with Crippen LogP contribution in [-0.4, -0.2) is 51.4 Å². The molecule has 1 aromatic carbocycles. The molecule has 2 aromatic heterocycles. The Morgan fingerprint density at radius 3 is 2.58 bits per heavy atom. The molecule has 0 saturated carbocycles. The number of amides is 1. The summed E-state index contributed by atoms with van der Waals surface area (Å²) < 4.78 is 26.8. The molecule has 1 aliphatic rings. The average molecular weight is 427 g/mol. The number of nitrogens with one attached hydrogen (secondary N) is 1. The number of likely N-dealkylation sites (tertiary alicyclic amines) is 1. The largest absolute Gasteiger partial charge is 0.481 e. The molecule has 9 heteroatoms. The zero-order valence-corrected chi connectivity index (χ0v) is 18.4. The van der Waals surface area contributed by atoms with Crippen molar-refractivity contribution in [1.29, 1.82) is 5.26 Å². The number of imidazole rings is 1. The number of aromatic amines is 1. The van der Waals surface area contributed by atoms with Gasteiger partial charge in [-0.05, 0) is 39.7 Å². The third-order valence-electron chi connectivity index (χ3n) is 5.83. The molecular formula is C22H26FN5O3. The number of fused-ring (bicyclic) bond motifs is 3. The Bertz CT molecular complexity index is 1210. The SMILES string of the molecule is COc1[nH]n2c(nc3cc(F)cc(C#N)c32)c1C1(C)CCN(C(=O)OC(C)(C)C)CC1. The first kappa shape index (κ1) is 21.0. The number of benzene rings is 1. The van der Waals surface area contributed by atoms with Gasteiger partial charge < -0.3 is 14.4 Å². The third-order valence-corrected chi connectivity index (χ3v) is 5.83. The number of H-pyrrole nitrogens is 1. The second kappa shape index (κ2) is 7.15. The van der Waals surface area contributed by atoms with Gasteiger partial charge in [0.2, 0.25) is 5.88 Å². The molecule has 1 fully saturated rings. The van der Waals surface area contributed by atoms with Gasteiger partial charge in [0.1, 0.15) is 23.0 Å². The Hall–Kier alpha value is -3.28. The van der Waals surface area contributed by atoms with E-state index >= 15 is 0 Å². The highest BCUT2D eigenvalue weighted by molar-refractivity contribution is 5.87. The number of hydrogen-bond acceptors (Lipinski definition) is 5. The van der Waals surface area contributed by atoms with Crippen molar-refractivity contribution in [2.24, 2.45) is 0 Å². The number of rotatable bonds is 2. The lowest BCUT2D eigenvalue weighted by Crippen LogP contribution is -2.45. The van der Waals surface area contributed by atoms with E-state index < -0.39 is 11.4 Å².